The van der Waals surface area contributed by atoms with Gasteiger partial charge in [0.05, 0.1) is 22.5 Å². The van der Waals surface area contributed by atoms with Gasteiger partial charge in [-0.2, -0.15) is 10.5 Å². The third kappa shape index (κ3) is 3.83. The summed E-state index contributed by atoms with van der Waals surface area (Å²) in [5.41, 5.74) is 6.23. The molecule has 0 atom stereocenters. The zero-order chi connectivity index (χ0) is 18.5. The molecule has 0 aliphatic heterocycles. The minimum atomic E-state index is 0.471. The summed E-state index contributed by atoms with van der Waals surface area (Å²) < 4.78 is 0. The third-order valence-electron chi connectivity index (χ3n) is 4.06. The first-order valence-corrected chi connectivity index (χ1v) is 8.24. The summed E-state index contributed by atoms with van der Waals surface area (Å²) in [5.74, 6) is 0. The van der Waals surface area contributed by atoms with E-state index < -0.39 is 0 Å². The van der Waals surface area contributed by atoms with E-state index >= 15 is 0 Å². The molecule has 3 aromatic rings. The predicted molar refractivity (Wildman–Crippen MR) is 105 cm³/mol. The summed E-state index contributed by atoms with van der Waals surface area (Å²) in [4.78, 5) is 0. The molecule has 4 nitrogen and oxygen atoms in total. The van der Waals surface area contributed by atoms with Crippen LogP contribution in [0.1, 0.15) is 22.3 Å². The van der Waals surface area contributed by atoms with Crippen molar-refractivity contribution in [2.45, 2.75) is 13.8 Å². The number of nitrogens with one attached hydrogen (secondary N) is 2. The second kappa shape index (κ2) is 7.42. The van der Waals surface area contributed by atoms with Crippen molar-refractivity contribution in [1.29, 1.82) is 10.5 Å². The highest BCUT2D eigenvalue weighted by Crippen LogP contribution is 2.29. The number of hydrogen-bond acceptors (Lipinski definition) is 4. The number of aryl methyl sites for hydroxylation is 2. The van der Waals surface area contributed by atoms with Crippen molar-refractivity contribution in [3.63, 3.8) is 0 Å². The maximum atomic E-state index is 9.53. The van der Waals surface area contributed by atoms with Crippen LogP contribution in [-0.2, 0) is 0 Å². The third-order valence-corrected chi connectivity index (χ3v) is 4.06. The molecule has 0 saturated heterocycles. The van der Waals surface area contributed by atoms with Gasteiger partial charge in [-0.3, -0.25) is 0 Å². The Morgan fingerprint density at radius 3 is 1.27 bits per heavy atom. The average Bonchev–Trinajstić information content (AvgIpc) is 2.66. The van der Waals surface area contributed by atoms with Crippen LogP contribution in [0.3, 0.4) is 0 Å². The van der Waals surface area contributed by atoms with Crippen LogP contribution in [0.4, 0.5) is 22.7 Å². The Bertz CT molecular complexity index is 919. The van der Waals surface area contributed by atoms with Crippen LogP contribution in [0.25, 0.3) is 0 Å². The minimum absolute atomic E-state index is 0.471. The molecule has 0 saturated carbocycles. The molecule has 2 N–H and O–H groups in total. The Hall–Kier alpha value is -3.76. The summed E-state index contributed by atoms with van der Waals surface area (Å²) >= 11 is 0. The molecule has 4 heteroatoms. The van der Waals surface area contributed by atoms with Gasteiger partial charge in [-0.1, -0.05) is 35.4 Å². The first-order chi connectivity index (χ1) is 12.6. The lowest BCUT2D eigenvalue weighted by Gasteiger charge is -2.13. The van der Waals surface area contributed by atoms with E-state index in [1.807, 2.05) is 62.4 Å². The van der Waals surface area contributed by atoms with Crippen LogP contribution in [-0.4, -0.2) is 0 Å². The van der Waals surface area contributed by atoms with E-state index in [1.54, 1.807) is 12.1 Å². The Morgan fingerprint density at radius 1 is 0.615 bits per heavy atom. The molecule has 3 rings (SSSR count). The second-order valence-corrected chi connectivity index (χ2v) is 6.15. The number of benzene rings is 3. The van der Waals surface area contributed by atoms with Crippen molar-refractivity contribution in [2.75, 3.05) is 10.6 Å². The van der Waals surface area contributed by atoms with E-state index in [4.69, 9.17) is 0 Å². The fourth-order valence-electron chi connectivity index (χ4n) is 2.58. The average molecular weight is 338 g/mol. The van der Waals surface area contributed by atoms with Gasteiger partial charge in [0.2, 0.25) is 0 Å². The van der Waals surface area contributed by atoms with Crippen molar-refractivity contribution in [1.82, 2.24) is 0 Å². The smallest absolute Gasteiger partial charge is 0.101 e. The molecule has 0 unspecified atom stereocenters. The topological polar surface area (TPSA) is 71.6 Å². The van der Waals surface area contributed by atoms with Crippen molar-refractivity contribution >= 4 is 22.7 Å². The molecule has 0 radical (unpaired) electrons. The van der Waals surface area contributed by atoms with E-state index in [1.165, 1.54) is 0 Å². The van der Waals surface area contributed by atoms with Crippen LogP contribution in [0.15, 0.2) is 60.7 Å². The van der Waals surface area contributed by atoms with E-state index in [9.17, 15) is 10.5 Å². The maximum Gasteiger partial charge on any atom is 0.101 e. The molecular formula is C22H18N4. The SMILES string of the molecule is Cc1ccc(Nc2cc(C#N)c(Nc3ccc(C)cc3)cc2C#N)cc1. The zero-order valence-electron chi connectivity index (χ0n) is 14.7. The summed E-state index contributed by atoms with van der Waals surface area (Å²) in [6.45, 7) is 4.04. The van der Waals surface area contributed by atoms with Gasteiger partial charge in [0, 0.05) is 11.4 Å². The molecule has 3 aromatic carbocycles. The van der Waals surface area contributed by atoms with E-state index in [0.717, 1.165) is 22.5 Å². The minimum Gasteiger partial charge on any atom is -0.354 e. The van der Waals surface area contributed by atoms with Gasteiger partial charge in [-0.05, 0) is 50.2 Å². The number of nitriles is 2. The van der Waals surface area contributed by atoms with Gasteiger partial charge < -0.3 is 10.6 Å². The highest BCUT2D eigenvalue weighted by molar-refractivity contribution is 5.77. The lowest BCUT2D eigenvalue weighted by Crippen LogP contribution is -1.99. The number of rotatable bonds is 4. The van der Waals surface area contributed by atoms with Gasteiger partial charge in [-0.25, -0.2) is 0 Å². The Morgan fingerprint density at radius 2 is 0.962 bits per heavy atom. The quantitative estimate of drug-likeness (QED) is 0.655. The standard InChI is InChI=1S/C22H18N4/c1-15-3-7-19(8-4-15)25-21-11-18(14-24)22(12-17(21)13-23)26-20-9-5-16(2)6-10-20/h3-12,25-26H,1-2H3. The molecule has 0 spiro atoms. The van der Waals surface area contributed by atoms with Gasteiger partial charge in [0.1, 0.15) is 12.1 Å². The Kier molecular flexibility index (Phi) is 4.87. The summed E-state index contributed by atoms with van der Waals surface area (Å²) in [7, 11) is 0. The largest absolute Gasteiger partial charge is 0.354 e. The zero-order valence-corrected chi connectivity index (χ0v) is 14.7. The van der Waals surface area contributed by atoms with E-state index in [0.29, 0.717) is 22.5 Å². The molecule has 126 valence electrons. The van der Waals surface area contributed by atoms with E-state index in [-0.39, 0.29) is 0 Å². The van der Waals surface area contributed by atoms with Gasteiger partial charge in [0.15, 0.2) is 0 Å². The monoisotopic (exact) mass is 338 g/mol. The van der Waals surface area contributed by atoms with Gasteiger partial charge in [-0.15, -0.1) is 0 Å². The van der Waals surface area contributed by atoms with Crippen LogP contribution >= 0.6 is 0 Å². The van der Waals surface area contributed by atoms with Crippen molar-refractivity contribution in [2.24, 2.45) is 0 Å². The fourth-order valence-corrected chi connectivity index (χ4v) is 2.58. The summed E-state index contributed by atoms with van der Waals surface area (Å²) in [6.07, 6.45) is 0. The molecule has 0 amide bonds. The number of nitrogens with zero attached hydrogens (tertiary/aromatic N) is 2. The number of anilines is 4. The highest BCUT2D eigenvalue weighted by atomic mass is 14.9. The Balaban J connectivity index is 1.95. The highest BCUT2D eigenvalue weighted by Gasteiger charge is 2.11. The van der Waals surface area contributed by atoms with Crippen LogP contribution < -0.4 is 10.6 Å². The van der Waals surface area contributed by atoms with Gasteiger partial charge >= 0.3 is 0 Å². The fraction of sp³-hybridized carbons (Fsp3) is 0.0909. The lowest BCUT2D eigenvalue weighted by molar-refractivity contribution is 1.40. The van der Waals surface area contributed by atoms with Crippen molar-refractivity contribution in [3.05, 3.63) is 82.9 Å². The van der Waals surface area contributed by atoms with E-state index in [2.05, 4.69) is 22.8 Å². The maximum absolute atomic E-state index is 9.53. The normalized spacial score (nSPS) is 9.85. The Labute approximate surface area is 153 Å². The molecule has 0 bridgehead atoms. The van der Waals surface area contributed by atoms with Crippen LogP contribution in [0.5, 0.6) is 0 Å². The lowest BCUT2D eigenvalue weighted by atomic mass is 10.1. The van der Waals surface area contributed by atoms with Crippen molar-refractivity contribution in [3.8, 4) is 12.1 Å². The molecule has 26 heavy (non-hydrogen) atoms. The van der Waals surface area contributed by atoms with Crippen LogP contribution in [0.2, 0.25) is 0 Å². The first-order valence-electron chi connectivity index (χ1n) is 8.24. The van der Waals surface area contributed by atoms with Crippen LogP contribution in [0, 0.1) is 36.5 Å². The molecular weight excluding hydrogens is 320 g/mol. The van der Waals surface area contributed by atoms with Crippen molar-refractivity contribution < 1.29 is 0 Å². The molecule has 0 aliphatic rings. The number of hydrogen-bond donors (Lipinski definition) is 2. The molecule has 0 aromatic heterocycles. The first kappa shape index (κ1) is 17.1. The summed E-state index contributed by atoms with van der Waals surface area (Å²) in [5, 5.41) is 25.5. The van der Waals surface area contributed by atoms with Gasteiger partial charge in [0.25, 0.3) is 0 Å². The molecule has 0 aliphatic carbocycles. The second-order valence-electron chi connectivity index (χ2n) is 6.15. The molecule has 0 heterocycles. The summed E-state index contributed by atoms with van der Waals surface area (Å²) in [6, 6.07) is 23.6. The molecule has 0 fully saturated rings. The predicted octanol–water partition coefficient (Wildman–Crippen LogP) is 5.53.